The maximum absolute atomic E-state index is 13.3. The van der Waals surface area contributed by atoms with Crippen molar-refractivity contribution in [2.45, 2.75) is 26.2 Å². The van der Waals surface area contributed by atoms with E-state index in [2.05, 4.69) is 0 Å². The topological polar surface area (TPSA) is 124 Å². The molecule has 0 saturated carbocycles. The SMILES string of the molecule is COc1ccc(CN(Cc2ccc(N(C)C)cc2)C(=O)OCCOCCOc2cc(OCCOCCOC(=O)N(Cc3ccc(OC)cc3)Cc3ccc(N(C)C)cc3)cc(N(C)C)c2)cc1. The molecule has 0 N–H and O–H groups in total. The first kappa shape index (κ1) is 51.1. The van der Waals surface area contributed by atoms with Gasteiger partial charge in [-0.3, -0.25) is 9.80 Å². The van der Waals surface area contributed by atoms with Crippen LogP contribution in [0.3, 0.4) is 0 Å². The zero-order valence-electron chi connectivity index (χ0n) is 40.3. The highest BCUT2D eigenvalue weighted by Gasteiger charge is 2.19. The molecule has 0 unspecified atom stereocenters. The van der Waals surface area contributed by atoms with Gasteiger partial charge < -0.3 is 52.6 Å². The number of carbonyl (C=O) groups excluding carboxylic acids is 2. The van der Waals surface area contributed by atoms with E-state index in [0.29, 0.717) is 37.7 Å². The Kier molecular flexibility index (Phi) is 20.6. The lowest BCUT2D eigenvalue weighted by molar-refractivity contribution is 0.0421. The molecule has 0 heterocycles. The fourth-order valence-corrected chi connectivity index (χ4v) is 6.69. The summed E-state index contributed by atoms with van der Waals surface area (Å²) in [6.07, 6.45) is -0.869. The van der Waals surface area contributed by atoms with Crippen molar-refractivity contribution < 1.29 is 47.5 Å². The number of methoxy groups -OCH3 is 2. The van der Waals surface area contributed by atoms with Crippen molar-refractivity contribution in [2.75, 3.05) is 124 Å². The molecule has 15 heteroatoms. The molecule has 0 aliphatic carbocycles. The first-order valence-corrected chi connectivity index (χ1v) is 22.3. The summed E-state index contributed by atoms with van der Waals surface area (Å²) in [7, 11) is 15.1. The fraction of sp³-hybridized carbons (Fsp3) is 0.385. The number of ether oxygens (including phenoxy) is 8. The molecule has 0 aliphatic heterocycles. The fourth-order valence-electron chi connectivity index (χ4n) is 6.69. The molecule has 0 fully saturated rings. The molecule has 0 saturated heterocycles. The summed E-state index contributed by atoms with van der Waals surface area (Å²) in [4.78, 5) is 36.0. The Labute approximate surface area is 396 Å². The van der Waals surface area contributed by atoms with E-state index in [1.54, 1.807) is 24.0 Å². The quantitative estimate of drug-likeness (QED) is 0.0469. The van der Waals surface area contributed by atoms with Crippen LogP contribution in [-0.2, 0) is 45.1 Å². The van der Waals surface area contributed by atoms with Crippen LogP contribution in [0.25, 0.3) is 0 Å². The van der Waals surface area contributed by atoms with Gasteiger partial charge in [0, 0.05) is 104 Å². The number of nitrogens with zero attached hydrogens (tertiary/aromatic N) is 5. The standard InChI is InChI=1S/C52H67N5O10/c1-53(2)44-17-9-40(10-18-44)36-56(38-42-13-21-47(60-7)22-14-42)51(58)66-31-27-62-25-29-64-49-33-46(55(5)6)34-50(35-49)65-30-26-63-28-32-67-52(59)57(39-43-15-23-48(61-8)24-16-43)37-41-11-19-45(20-12-41)54(3)4/h9-24,33-35H,25-32,36-39H2,1-8H3. The summed E-state index contributed by atoms with van der Waals surface area (Å²) < 4.78 is 45.5. The first-order chi connectivity index (χ1) is 32.4. The first-order valence-electron chi connectivity index (χ1n) is 22.3. The molecule has 0 spiro atoms. The third-order valence-corrected chi connectivity index (χ3v) is 10.5. The predicted octanol–water partition coefficient (Wildman–Crippen LogP) is 8.37. The van der Waals surface area contributed by atoms with Crippen molar-refractivity contribution in [3.05, 3.63) is 138 Å². The predicted molar refractivity (Wildman–Crippen MR) is 262 cm³/mol. The maximum atomic E-state index is 13.3. The molecular weight excluding hydrogens is 855 g/mol. The molecule has 0 atom stereocenters. The van der Waals surface area contributed by atoms with E-state index in [4.69, 9.17) is 37.9 Å². The minimum Gasteiger partial charge on any atom is -0.497 e. The van der Waals surface area contributed by atoms with Crippen molar-refractivity contribution >= 4 is 29.2 Å². The highest BCUT2D eigenvalue weighted by molar-refractivity contribution is 5.68. The van der Waals surface area contributed by atoms with Crippen molar-refractivity contribution in [3.63, 3.8) is 0 Å². The summed E-state index contributed by atoms with van der Waals surface area (Å²) >= 11 is 0. The number of benzene rings is 5. The minimum absolute atomic E-state index is 0.0888. The second-order valence-electron chi connectivity index (χ2n) is 16.2. The maximum Gasteiger partial charge on any atom is 0.410 e. The van der Waals surface area contributed by atoms with Crippen LogP contribution in [0.4, 0.5) is 26.7 Å². The highest BCUT2D eigenvalue weighted by atomic mass is 16.6. The van der Waals surface area contributed by atoms with Gasteiger partial charge in [-0.05, 0) is 70.8 Å². The number of rotatable bonds is 27. The van der Waals surface area contributed by atoms with Gasteiger partial charge in [0.05, 0.1) is 40.6 Å². The van der Waals surface area contributed by atoms with E-state index in [-0.39, 0.29) is 52.9 Å². The van der Waals surface area contributed by atoms with E-state index in [1.165, 1.54) is 0 Å². The normalized spacial score (nSPS) is 10.7. The second kappa shape index (κ2) is 27.0. The van der Waals surface area contributed by atoms with E-state index >= 15 is 0 Å². The Morgan fingerprint density at radius 2 is 0.687 bits per heavy atom. The van der Waals surface area contributed by atoms with Crippen molar-refractivity contribution in [2.24, 2.45) is 0 Å². The Hall–Kier alpha value is -6.84. The molecule has 0 aromatic heterocycles. The highest BCUT2D eigenvalue weighted by Crippen LogP contribution is 2.28. The van der Waals surface area contributed by atoms with E-state index in [1.807, 2.05) is 172 Å². The van der Waals surface area contributed by atoms with E-state index in [0.717, 1.165) is 50.8 Å². The van der Waals surface area contributed by atoms with E-state index in [9.17, 15) is 9.59 Å². The van der Waals surface area contributed by atoms with E-state index < -0.39 is 12.2 Å². The van der Waals surface area contributed by atoms with Gasteiger partial charge in [-0.25, -0.2) is 9.59 Å². The van der Waals surface area contributed by atoms with Gasteiger partial charge >= 0.3 is 12.2 Å². The third-order valence-electron chi connectivity index (χ3n) is 10.5. The van der Waals surface area contributed by atoms with Crippen LogP contribution in [0.1, 0.15) is 22.3 Å². The van der Waals surface area contributed by atoms with Crippen LogP contribution in [0.15, 0.2) is 115 Å². The summed E-state index contributed by atoms with van der Waals surface area (Å²) in [6, 6.07) is 37.1. The van der Waals surface area contributed by atoms with Gasteiger partial charge in [0.15, 0.2) is 0 Å². The zero-order valence-corrected chi connectivity index (χ0v) is 40.3. The minimum atomic E-state index is -0.434. The average molecular weight is 922 g/mol. The molecule has 5 aromatic carbocycles. The lowest BCUT2D eigenvalue weighted by atomic mass is 10.1. The molecule has 5 aromatic rings. The van der Waals surface area contributed by atoms with Crippen molar-refractivity contribution in [3.8, 4) is 23.0 Å². The van der Waals surface area contributed by atoms with Gasteiger partial charge in [0.25, 0.3) is 0 Å². The Morgan fingerprint density at radius 1 is 0.373 bits per heavy atom. The molecule has 0 radical (unpaired) electrons. The van der Waals surface area contributed by atoms with Gasteiger partial charge in [0.1, 0.15) is 49.4 Å². The van der Waals surface area contributed by atoms with Gasteiger partial charge in [-0.15, -0.1) is 0 Å². The van der Waals surface area contributed by atoms with Crippen LogP contribution < -0.4 is 33.6 Å². The molecule has 5 rings (SSSR count). The number of anilines is 3. The van der Waals surface area contributed by atoms with Gasteiger partial charge in [-0.1, -0.05) is 48.5 Å². The summed E-state index contributed by atoms with van der Waals surface area (Å²) in [5.41, 5.74) is 6.94. The van der Waals surface area contributed by atoms with Crippen molar-refractivity contribution in [1.82, 2.24) is 9.80 Å². The smallest absolute Gasteiger partial charge is 0.410 e. The molecule has 0 aliphatic rings. The Bertz CT molecular complexity index is 2070. The molecule has 2 amide bonds. The molecule has 360 valence electrons. The summed E-state index contributed by atoms with van der Waals surface area (Å²) in [5, 5.41) is 0. The van der Waals surface area contributed by atoms with Gasteiger partial charge in [0.2, 0.25) is 0 Å². The van der Waals surface area contributed by atoms with Crippen LogP contribution in [0, 0.1) is 0 Å². The number of amides is 2. The Morgan fingerprint density at radius 3 is 1.00 bits per heavy atom. The zero-order chi connectivity index (χ0) is 48.0. The second-order valence-corrected chi connectivity index (χ2v) is 16.2. The lowest BCUT2D eigenvalue weighted by Crippen LogP contribution is -2.31. The number of carbonyl (C=O) groups is 2. The number of hydrogen-bond donors (Lipinski definition) is 0. The van der Waals surface area contributed by atoms with Crippen LogP contribution in [-0.4, -0.2) is 131 Å². The average Bonchev–Trinajstić information content (AvgIpc) is 3.33. The van der Waals surface area contributed by atoms with Crippen LogP contribution >= 0.6 is 0 Å². The van der Waals surface area contributed by atoms with Crippen molar-refractivity contribution in [1.29, 1.82) is 0 Å². The van der Waals surface area contributed by atoms with Crippen LogP contribution in [0.5, 0.6) is 23.0 Å². The van der Waals surface area contributed by atoms with Crippen LogP contribution in [0.2, 0.25) is 0 Å². The number of hydrogen-bond acceptors (Lipinski definition) is 13. The third kappa shape index (κ3) is 17.5. The largest absolute Gasteiger partial charge is 0.497 e. The summed E-state index contributed by atoms with van der Waals surface area (Å²) in [5.74, 6) is 2.73. The van der Waals surface area contributed by atoms with Gasteiger partial charge in [-0.2, -0.15) is 0 Å². The summed E-state index contributed by atoms with van der Waals surface area (Å²) in [6.45, 7) is 3.24. The monoisotopic (exact) mass is 921 g/mol. The Balaban J connectivity index is 1.02. The molecule has 0 bridgehead atoms. The molecule has 67 heavy (non-hydrogen) atoms. The molecule has 15 nitrogen and oxygen atoms in total. The lowest BCUT2D eigenvalue weighted by Gasteiger charge is -2.23. The molecular formula is C52H67N5O10.